The van der Waals surface area contributed by atoms with Crippen LogP contribution in [0.5, 0.6) is 5.75 Å². The first-order chi connectivity index (χ1) is 12.5. The number of ether oxygens (including phenoxy) is 1. The van der Waals surface area contributed by atoms with E-state index in [2.05, 4.69) is 5.32 Å². The molecule has 7 heteroatoms. The van der Waals surface area contributed by atoms with Crippen molar-refractivity contribution in [1.82, 2.24) is 5.32 Å². The van der Waals surface area contributed by atoms with Crippen LogP contribution in [0.25, 0.3) is 6.08 Å². The van der Waals surface area contributed by atoms with Crippen LogP contribution in [-0.2, 0) is 4.79 Å². The Bertz CT molecular complexity index is 821. The summed E-state index contributed by atoms with van der Waals surface area (Å²) >= 11 is 5.75. The molecule has 0 unspecified atom stereocenters. The van der Waals surface area contributed by atoms with Crippen molar-refractivity contribution in [3.63, 3.8) is 0 Å². The Labute approximate surface area is 156 Å². The molecule has 2 aromatic carbocycles. The van der Waals surface area contributed by atoms with Crippen molar-refractivity contribution in [2.75, 3.05) is 13.2 Å². The van der Waals surface area contributed by atoms with E-state index in [0.717, 1.165) is 11.3 Å². The van der Waals surface area contributed by atoms with Crippen LogP contribution in [0.1, 0.15) is 17.5 Å². The third-order valence-corrected chi connectivity index (χ3v) is 3.79. The van der Waals surface area contributed by atoms with Gasteiger partial charge >= 0.3 is 0 Å². The van der Waals surface area contributed by atoms with Gasteiger partial charge in [0.1, 0.15) is 10.8 Å². The number of amides is 1. The largest absolute Gasteiger partial charge is 0.494 e. The van der Waals surface area contributed by atoms with Crippen molar-refractivity contribution in [1.29, 1.82) is 0 Å². The van der Waals surface area contributed by atoms with Gasteiger partial charge in [-0.15, -0.1) is 0 Å². The fraction of sp³-hybridized carbons (Fsp3) is 0.211. The lowest BCUT2D eigenvalue weighted by Gasteiger charge is -2.07. The zero-order valence-electron chi connectivity index (χ0n) is 14.3. The normalized spacial score (nSPS) is 10.7. The molecule has 2 aromatic rings. The zero-order chi connectivity index (χ0) is 18.9. The fourth-order valence-electron chi connectivity index (χ4n) is 2.18. The minimum Gasteiger partial charge on any atom is -0.494 e. The number of halogens is 1. The standard InChI is InChI=1S/C19H19ClN2O4/c1-14-4-2-5-16(12-14)26-11-3-10-21-19(23)9-7-15-6-8-17(20)18(13-15)22(24)25/h2,4-9,12-13H,3,10-11H2,1H3,(H,21,23). The maximum Gasteiger partial charge on any atom is 0.288 e. The molecule has 0 fully saturated rings. The van der Waals surface area contributed by atoms with Gasteiger partial charge in [0.15, 0.2) is 0 Å². The number of nitrogens with one attached hydrogen (secondary N) is 1. The molecule has 0 aromatic heterocycles. The molecule has 136 valence electrons. The highest BCUT2D eigenvalue weighted by atomic mass is 35.5. The van der Waals surface area contributed by atoms with E-state index in [1.54, 1.807) is 6.07 Å². The second-order valence-corrected chi connectivity index (χ2v) is 6.02. The number of nitro benzene ring substituents is 1. The maximum atomic E-state index is 11.8. The molecule has 0 saturated heterocycles. The van der Waals surface area contributed by atoms with Crippen LogP contribution in [0.2, 0.25) is 5.02 Å². The number of carbonyl (C=O) groups is 1. The maximum absolute atomic E-state index is 11.8. The lowest BCUT2D eigenvalue weighted by atomic mass is 10.2. The van der Waals surface area contributed by atoms with Crippen LogP contribution in [0.4, 0.5) is 5.69 Å². The minimum absolute atomic E-state index is 0.0604. The van der Waals surface area contributed by atoms with Gasteiger partial charge in [0.25, 0.3) is 5.69 Å². The van der Waals surface area contributed by atoms with E-state index in [1.165, 1.54) is 24.3 Å². The Balaban J connectivity index is 1.74. The number of benzene rings is 2. The van der Waals surface area contributed by atoms with E-state index in [0.29, 0.717) is 25.1 Å². The van der Waals surface area contributed by atoms with Crippen LogP contribution < -0.4 is 10.1 Å². The average molecular weight is 375 g/mol. The predicted octanol–water partition coefficient (Wildman–Crippen LogP) is 4.16. The Morgan fingerprint density at radius 1 is 1.31 bits per heavy atom. The van der Waals surface area contributed by atoms with Crippen LogP contribution in [0.3, 0.4) is 0 Å². The molecular weight excluding hydrogens is 356 g/mol. The van der Waals surface area contributed by atoms with E-state index in [-0.39, 0.29) is 16.6 Å². The van der Waals surface area contributed by atoms with Crippen molar-refractivity contribution in [3.8, 4) is 5.75 Å². The van der Waals surface area contributed by atoms with Gasteiger partial charge in [-0.05, 0) is 48.7 Å². The van der Waals surface area contributed by atoms with Crippen LogP contribution >= 0.6 is 11.6 Å². The molecule has 1 amide bonds. The van der Waals surface area contributed by atoms with Crippen LogP contribution in [-0.4, -0.2) is 24.0 Å². The summed E-state index contributed by atoms with van der Waals surface area (Å²) < 4.78 is 5.60. The zero-order valence-corrected chi connectivity index (χ0v) is 15.0. The average Bonchev–Trinajstić information content (AvgIpc) is 2.60. The molecule has 0 spiro atoms. The van der Waals surface area contributed by atoms with E-state index < -0.39 is 4.92 Å². The fourth-order valence-corrected chi connectivity index (χ4v) is 2.37. The molecular formula is C19H19ClN2O4. The number of aryl methyl sites for hydroxylation is 1. The lowest BCUT2D eigenvalue weighted by molar-refractivity contribution is -0.384. The summed E-state index contributed by atoms with van der Waals surface area (Å²) in [6, 6.07) is 12.1. The number of rotatable bonds is 8. The summed E-state index contributed by atoms with van der Waals surface area (Å²) in [4.78, 5) is 22.1. The molecule has 26 heavy (non-hydrogen) atoms. The summed E-state index contributed by atoms with van der Waals surface area (Å²) in [5, 5.41) is 13.6. The SMILES string of the molecule is Cc1cccc(OCCCNC(=O)C=Cc2ccc(Cl)c([N+](=O)[O-])c2)c1. The van der Waals surface area contributed by atoms with E-state index in [9.17, 15) is 14.9 Å². The molecule has 0 radical (unpaired) electrons. The smallest absolute Gasteiger partial charge is 0.288 e. The minimum atomic E-state index is -0.562. The van der Waals surface area contributed by atoms with Gasteiger partial charge in [0.05, 0.1) is 11.5 Å². The molecule has 0 atom stereocenters. The number of nitro groups is 1. The first-order valence-electron chi connectivity index (χ1n) is 8.05. The number of hydrogen-bond acceptors (Lipinski definition) is 4. The van der Waals surface area contributed by atoms with Gasteiger partial charge in [-0.1, -0.05) is 29.8 Å². The van der Waals surface area contributed by atoms with Gasteiger partial charge in [-0.3, -0.25) is 14.9 Å². The van der Waals surface area contributed by atoms with Crippen LogP contribution in [0.15, 0.2) is 48.5 Å². The van der Waals surface area contributed by atoms with Gasteiger partial charge in [0.2, 0.25) is 5.91 Å². The Hall–Kier alpha value is -2.86. The number of hydrogen-bond donors (Lipinski definition) is 1. The third kappa shape index (κ3) is 6.22. The van der Waals surface area contributed by atoms with Gasteiger partial charge in [-0.25, -0.2) is 0 Å². The Morgan fingerprint density at radius 2 is 2.12 bits per heavy atom. The summed E-state index contributed by atoms with van der Waals surface area (Å²) in [5.41, 5.74) is 1.46. The van der Waals surface area contributed by atoms with Crippen molar-refractivity contribution >= 4 is 29.3 Å². The molecule has 0 aliphatic carbocycles. The molecule has 0 bridgehead atoms. The van der Waals surface area contributed by atoms with Gasteiger partial charge in [0, 0.05) is 18.7 Å². The first kappa shape index (κ1) is 19.5. The predicted molar refractivity (Wildman–Crippen MR) is 101 cm³/mol. The highest BCUT2D eigenvalue weighted by molar-refractivity contribution is 6.32. The topological polar surface area (TPSA) is 81.5 Å². The highest BCUT2D eigenvalue weighted by Gasteiger charge is 2.11. The molecule has 0 heterocycles. The molecule has 2 rings (SSSR count). The Morgan fingerprint density at radius 3 is 2.85 bits per heavy atom. The van der Waals surface area contributed by atoms with Crippen molar-refractivity contribution in [2.24, 2.45) is 0 Å². The lowest BCUT2D eigenvalue weighted by Crippen LogP contribution is -2.23. The first-order valence-corrected chi connectivity index (χ1v) is 8.43. The second-order valence-electron chi connectivity index (χ2n) is 5.61. The molecule has 0 aliphatic heterocycles. The monoisotopic (exact) mass is 374 g/mol. The van der Waals surface area contributed by atoms with Crippen molar-refractivity contribution < 1.29 is 14.5 Å². The van der Waals surface area contributed by atoms with Crippen LogP contribution in [0, 0.1) is 17.0 Å². The summed E-state index contributed by atoms with van der Waals surface area (Å²) in [6.07, 6.45) is 3.50. The molecule has 1 N–H and O–H groups in total. The molecule has 6 nitrogen and oxygen atoms in total. The van der Waals surface area contributed by atoms with Gasteiger partial charge < -0.3 is 10.1 Å². The third-order valence-electron chi connectivity index (χ3n) is 3.47. The number of nitrogens with zero attached hydrogens (tertiary/aromatic N) is 1. The molecule has 0 aliphatic rings. The van der Waals surface area contributed by atoms with E-state index in [1.807, 2.05) is 31.2 Å². The summed E-state index contributed by atoms with van der Waals surface area (Å²) in [5.74, 6) is 0.527. The van der Waals surface area contributed by atoms with E-state index in [4.69, 9.17) is 16.3 Å². The molecule has 0 saturated carbocycles. The van der Waals surface area contributed by atoms with Crippen molar-refractivity contribution in [3.05, 3.63) is 74.8 Å². The highest BCUT2D eigenvalue weighted by Crippen LogP contribution is 2.25. The van der Waals surface area contributed by atoms with Crippen molar-refractivity contribution in [2.45, 2.75) is 13.3 Å². The van der Waals surface area contributed by atoms with Gasteiger partial charge in [-0.2, -0.15) is 0 Å². The second kappa shape index (κ2) is 9.58. The van der Waals surface area contributed by atoms with E-state index >= 15 is 0 Å². The Kier molecular flexibility index (Phi) is 7.17. The number of carbonyl (C=O) groups excluding carboxylic acids is 1. The summed E-state index contributed by atoms with van der Waals surface area (Å²) in [7, 11) is 0. The quantitative estimate of drug-likeness (QED) is 0.325. The summed E-state index contributed by atoms with van der Waals surface area (Å²) in [6.45, 7) is 2.96.